The zero-order valence-corrected chi connectivity index (χ0v) is 12.6. The van der Waals surface area contributed by atoms with Crippen LogP contribution >= 0.6 is 10.7 Å². The van der Waals surface area contributed by atoms with Crippen LogP contribution in [-0.4, -0.2) is 27.7 Å². The van der Waals surface area contributed by atoms with Crippen molar-refractivity contribution in [2.24, 2.45) is 0 Å². The minimum atomic E-state index is -3.71. The Balaban J connectivity index is 2.25. The third-order valence-electron chi connectivity index (χ3n) is 3.20. The minimum absolute atomic E-state index is 0.130. The molecular formula is C13H17ClO4S. The van der Waals surface area contributed by atoms with Crippen LogP contribution in [0.1, 0.15) is 24.0 Å². The van der Waals surface area contributed by atoms with Crippen molar-refractivity contribution in [2.45, 2.75) is 37.7 Å². The average Bonchev–Trinajstić information content (AvgIpc) is 2.33. The quantitative estimate of drug-likeness (QED) is 0.806. The van der Waals surface area contributed by atoms with Gasteiger partial charge in [0.1, 0.15) is 11.9 Å². The van der Waals surface area contributed by atoms with Crippen LogP contribution in [0.25, 0.3) is 0 Å². The molecule has 6 heteroatoms. The van der Waals surface area contributed by atoms with Gasteiger partial charge in [-0.3, -0.25) is 0 Å². The molecular weight excluding hydrogens is 288 g/mol. The van der Waals surface area contributed by atoms with Crippen LogP contribution in [0.2, 0.25) is 0 Å². The summed E-state index contributed by atoms with van der Waals surface area (Å²) in [5.41, 5.74) is 1.37. The fourth-order valence-corrected chi connectivity index (χ4v) is 3.39. The zero-order valence-electron chi connectivity index (χ0n) is 11.0. The summed E-state index contributed by atoms with van der Waals surface area (Å²) in [5, 5.41) is 0. The van der Waals surface area contributed by atoms with E-state index in [9.17, 15) is 8.42 Å². The smallest absolute Gasteiger partial charge is 0.261 e. The SMILES string of the molecule is Cc1cc(S(=O)(=O)Cl)c(C)cc1OC1CCOCC1. The van der Waals surface area contributed by atoms with Gasteiger partial charge >= 0.3 is 0 Å². The van der Waals surface area contributed by atoms with Crippen LogP contribution in [0, 0.1) is 13.8 Å². The van der Waals surface area contributed by atoms with Crippen LogP contribution in [-0.2, 0) is 13.8 Å². The van der Waals surface area contributed by atoms with E-state index in [1.165, 1.54) is 0 Å². The van der Waals surface area contributed by atoms with Crippen LogP contribution in [0.3, 0.4) is 0 Å². The summed E-state index contributed by atoms with van der Waals surface area (Å²) < 4.78 is 34.0. The fourth-order valence-electron chi connectivity index (χ4n) is 2.13. The maximum Gasteiger partial charge on any atom is 0.261 e. The largest absolute Gasteiger partial charge is 0.490 e. The Morgan fingerprint density at radius 2 is 1.84 bits per heavy atom. The topological polar surface area (TPSA) is 52.6 Å². The number of hydrogen-bond acceptors (Lipinski definition) is 4. The molecule has 19 heavy (non-hydrogen) atoms. The maximum absolute atomic E-state index is 11.4. The maximum atomic E-state index is 11.4. The Labute approximate surface area is 118 Å². The number of rotatable bonds is 3. The van der Waals surface area contributed by atoms with Crippen molar-refractivity contribution in [1.82, 2.24) is 0 Å². The number of hydrogen-bond donors (Lipinski definition) is 0. The van der Waals surface area contributed by atoms with Crippen molar-refractivity contribution < 1.29 is 17.9 Å². The number of benzene rings is 1. The molecule has 1 aromatic rings. The fraction of sp³-hybridized carbons (Fsp3) is 0.538. The lowest BCUT2D eigenvalue weighted by atomic mass is 10.1. The van der Waals surface area contributed by atoms with Gasteiger partial charge in [-0.1, -0.05) is 0 Å². The van der Waals surface area contributed by atoms with Crippen LogP contribution < -0.4 is 4.74 Å². The summed E-state index contributed by atoms with van der Waals surface area (Å²) in [6.45, 7) is 4.94. The van der Waals surface area contributed by atoms with Gasteiger partial charge in [0.25, 0.3) is 9.05 Å². The second-order valence-corrected chi connectivity index (χ2v) is 7.28. The standard InChI is InChI=1S/C13H17ClO4S/c1-9-8-13(19(14,15)16)10(2)7-12(9)18-11-3-5-17-6-4-11/h7-8,11H,3-6H2,1-2H3. The Morgan fingerprint density at radius 1 is 1.21 bits per heavy atom. The summed E-state index contributed by atoms with van der Waals surface area (Å²) in [4.78, 5) is 0.144. The molecule has 1 aliphatic heterocycles. The van der Waals surface area contributed by atoms with Gasteiger partial charge < -0.3 is 9.47 Å². The van der Waals surface area contributed by atoms with E-state index in [-0.39, 0.29) is 11.0 Å². The van der Waals surface area contributed by atoms with Crippen LogP contribution in [0.5, 0.6) is 5.75 Å². The third kappa shape index (κ3) is 3.61. The summed E-state index contributed by atoms with van der Waals surface area (Å²) in [5.74, 6) is 0.716. The first-order valence-electron chi connectivity index (χ1n) is 6.18. The molecule has 1 saturated heterocycles. The molecule has 0 aromatic heterocycles. The van der Waals surface area contributed by atoms with E-state index in [2.05, 4.69) is 0 Å². The van der Waals surface area contributed by atoms with E-state index in [4.69, 9.17) is 20.2 Å². The van der Waals surface area contributed by atoms with Crippen molar-refractivity contribution in [3.63, 3.8) is 0 Å². The van der Waals surface area contributed by atoms with E-state index in [1.807, 2.05) is 6.92 Å². The first-order valence-corrected chi connectivity index (χ1v) is 8.49. The second kappa shape index (κ2) is 5.69. The molecule has 1 aromatic carbocycles. The molecule has 0 amide bonds. The van der Waals surface area contributed by atoms with E-state index in [1.54, 1.807) is 19.1 Å². The molecule has 4 nitrogen and oxygen atoms in total. The lowest BCUT2D eigenvalue weighted by Crippen LogP contribution is -2.26. The van der Waals surface area contributed by atoms with E-state index in [0.29, 0.717) is 24.5 Å². The van der Waals surface area contributed by atoms with Crippen molar-refractivity contribution >= 4 is 19.7 Å². The molecule has 2 rings (SSSR count). The van der Waals surface area contributed by atoms with Crippen molar-refractivity contribution in [3.05, 3.63) is 23.3 Å². The summed E-state index contributed by atoms with van der Waals surface area (Å²) in [6, 6.07) is 3.30. The predicted molar refractivity (Wildman–Crippen MR) is 73.4 cm³/mol. The average molecular weight is 305 g/mol. The molecule has 0 bridgehead atoms. The highest BCUT2D eigenvalue weighted by Crippen LogP contribution is 2.29. The van der Waals surface area contributed by atoms with Crippen molar-refractivity contribution in [2.75, 3.05) is 13.2 Å². The Bertz CT molecular complexity index is 562. The predicted octanol–water partition coefficient (Wildman–Crippen LogP) is 2.79. The lowest BCUT2D eigenvalue weighted by Gasteiger charge is -2.24. The summed E-state index contributed by atoms with van der Waals surface area (Å²) in [6.07, 6.45) is 1.84. The first-order chi connectivity index (χ1) is 8.88. The normalized spacial score (nSPS) is 17.4. The molecule has 1 heterocycles. The molecule has 0 unspecified atom stereocenters. The molecule has 0 aliphatic carbocycles. The Morgan fingerprint density at radius 3 is 2.42 bits per heavy atom. The van der Waals surface area contributed by atoms with Gasteiger partial charge in [0, 0.05) is 23.5 Å². The van der Waals surface area contributed by atoms with E-state index in [0.717, 1.165) is 18.4 Å². The van der Waals surface area contributed by atoms with E-state index < -0.39 is 9.05 Å². The highest BCUT2D eigenvalue weighted by molar-refractivity contribution is 8.13. The number of ether oxygens (including phenoxy) is 2. The number of aryl methyl sites for hydroxylation is 2. The zero-order chi connectivity index (χ0) is 14.0. The van der Waals surface area contributed by atoms with Crippen molar-refractivity contribution in [3.8, 4) is 5.75 Å². The van der Waals surface area contributed by atoms with Crippen LogP contribution in [0.4, 0.5) is 0 Å². The van der Waals surface area contributed by atoms with Gasteiger partial charge in [0.15, 0.2) is 0 Å². The molecule has 0 spiro atoms. The molecule has 0 N–H and O–H groups in total. The molecule has 1 aliphatic rings. The Hall–Kier alpha value is -0.780. The highest BCUT2D eigenvalue weighted by atomic mass is 35.7. The molecule has 0 saturated carbocycles. The minimum Gasteiger partial charge on any atom is -0.490 e. The van der Waals surface area contributed by atoms with Gasteiger partial charge in [0.05, 0.1) is 18.1 Å². The Kier molecular flexibility index (Phi) is 4.38. The third-order valence-corrected chi connectivity index (χ3v) is 4.66. The second-order valence-electron chi connectivity index (χ2n) is 4.75. The van der Waals surface area contributed by atoms with Gasteiger partial charge in [0.2, 0.25) is 0 Å². The molecule has 1 fully saturated rings. The number of halogens is 1. The molecule has 0 radical (unpaired) electrons. The highest BCUT2D eigenvalue weighted by Gasteiger charge is 2.19. The van der Waals surface area contributed by atoms with Gasteiger partial charge in [-0.2, -0.15) is 0 Å². The van der Waals surface area contributed by atoms with Gasteiger partial charge in [-0.15, -0.1) is 0 Å². The van der Waals surface area contributed by atoms with E-state index >= 15 is 0 Å². The van der Waals surface area contributed by atoms with Gasteiger partial charge in [-0.25, -0.2) is 8.42 Å². The lowest BCUT2D eigenvalue weighted by molar-refractivity contribution is 0.0252. The molecule has 0 atom stereocenters. The summed E-state index contributed by atoms with van der Waals surface area (Å²) >= 11 is 0. The molecule has 106 valence electrons. The summed E-state index contributed by atoms with van der Waals surface area (Å²) in [7, 11) is 1.69. The van der Waals surface area contributed by atoms with Crippen LogP contribution in [0.15, 0.2) is 17.0 Å². The monoisotopic (exact) mass is 304 g/mol. The van der Waals surface area contributed by atoms with Crippen molar-refractivity contribution in [1.29, 1.82) is 0 Å². The van der Waals surface area contributed by atoms with Gasteiger partial charge in [-0.05, 0) is 37.1 Å². The first kappa shape index (κ1) is 14.6.